The number of hydrogen-bond acceptors (Lipinski definition) is 8. The largest absolute Gasteiger partial charge is 0.508 e. The molecule has 2 rings (SSSR count). The fourth-order valence-corrected chi connectivity index (χ4v) is 3.20. The maximum atomic E-state index is 13.0. The van der Waals surface area contributed by atoms with Crippen LogP contribution in [0.25, 0.3) is 0 Å². The molecule has 0 fully saturated rings. The maximum Gasteiger partial charge on any atom is 0.490 e. The van der Waals surface area contributed by atoms with Crippen LogP contribution in [0.3, 0.4) is 0 Å². The van der Waals surface area contributed by atoms with E-state index in [-0.39, 0.29) is 29.2 Å². The van der Waals surface area contributed by atoms with Gasteiger partial charge in [0.05, 0.1) is 19.6 Å². The summed E-state index contributed by atoms with van der Waals surface area (Å²) in [6.45, 7) is -3.00. The molecule has 0 aliphatic rings. The Bertz CT molecular complexity index is 1050. The summed E-state index contributed by atoms with van der Waals surface area (Å²) in [6.07, 6.45) is -7.29. The van der Waals surface area contributed by atoms with Gasteiger partial charge in [-0.25, -0.2) is 4.79 Å². The third kappa shape index (κ3) is 8.79. The molecule has 0 aliphatic heterocycles. The van der Waals surface area contributed by atoms with E-state index in [4.69, 9.17) is 0 Å². The van der Waals surface area contributed by atoms with Crippen LogP contribution in [0.1, 0.15) is 11.1 Å². The number of carbonyl (C=O) groups is 3. The molecule has 0 aliphatic carbocycles. The highest BCUT2D eigenvalue weighted by Gasteiger charge is 2.43. The first-order valence-electron chi connectivity index (χ1n) is 10.1. The van der Waals surface area contributed by atoms with E-state index < -0.39 is 56.5 Å². The van der Waals surface area contributed by atoms with Crippen molar-refractivity contribution in [3.05, 3.63) is 59.7 Å². The minimum Gasteiger partial charge on any atom is -0.508 e. The van der Waals surface area contributed by atoms with Gasteiger partial charge in [-0.2, -0.15) is 13.2 Å². The minimum atomic E-state index is -5.41. The number of phenols is 2. The molecule has 2 aromatic rings. The Morgan fingerprint density at radius 2 is 1.31 bits per heavy atom. The average Bonchev–Trinajstić information content (AvgIpc) is 2.74. The van der Waals surface area contributed by atoms with Gasteiger partial charge in [0, 0.05) is 24.2 Å². The fourth-order valence-electron chi connectivity index (χ4n) is 3.20. The predicted octanol–water partition coefficient (Wildman–Crippen LogP) is 2.00. The van der Waals surface area contributed by atoms with Gasteiger partial charge in [-0.15, -0.1) is 0 Å². The molecule has 0 aromatic heterocycles. The van der Waals surface area contributed by atoms with Gasteiger partial charge in [0.1, 0.15) is 11.5 Å². The van der Waals surface area contributed by atoms with E-state index in [9.17, 15) is 48.0 Å². The number of ether oxygens (including phenoxy) is 1. The number of carbonyl (C=O) groups excluding carboxylic acids is 1. The van der Waals surface area contributed by atoms with Gasteiger partial charge in [0.25, 0.3) is 0 Å². The number of esters is 1. The number of alkyl halides is 3. The third-order valence-corrected chi connectivity index (χ3v) is 4.74. The van der Waals surface area contributed by atoms with Gasteiger partial charge in [0.2, 0.25) is 0 Å². The molecule has 0 bridgehead atoms. The highest BCUT2D eigenvalue weighted by atomic mass is 19.4. The number of aliphatic carboxylic acids is 2. The van der Waals surface area contributed by atoms with Crippen LogP contribution in [0.4, 0.5) is 13.2 Å². The normalized spacial score (nSPS) is 12.5. The van der Waals surface area contributed by atoms with Crippen molar-refractivity contribution in [2.75, 3.05) is 19.6 Å². The summed E-state index contributed by atoms with van der Waals surface area (Å²) in [5.74, 6) is -5.93. The first-order valence-corrected chi connectivity index (χ1v) is 10.1. The number of nitrogens with zero attached hydrogens (tertiary/aromatic N) is 2. The highest BCUT2D eigenvalue weighted by molar-refractivity contribution is 5.76. The summed E-state index contributed by atoms with van der Waals surface area (Å²) in [5.41, 5.74) is 0.368. The van der Waals surface area contributed by atoms with Crippen LogP contribution in [-0.2, 0) is 32.2 Å². The molecule has 0 spiro atoms. The van der Waals surface area contributed by atoms with Crippen LogP contribution in [0.2, 0.25) is 0 Å². The van der Waals surface area contributed by atoms with E-state index >= 15 is 0 Å². The van der Waals surface area contributed by atoms with Crippen LogP contribution >= 0.6 is 0 Å². The molecule has 1 unspecified atom stereocenters. The van der Waals surface area contributed by atoms with Gasteiger partial charge < -0.3 is 25.2 Å². The molecule has 0 amide bonds. The van der Waals surface area contributed by atoms with E-state index in [1.165, 1.54) is 42.5 Å². The Morgan fingerprint density at radius 1 is 0.829 bits per heavy atom. The lowest BCUT2D eigenvalue weighted by Gasteiger charge is -2.34. The Kier molecular flexibility index (Phi) is 9.42. The number of benzene rings is 2. The highest BCUT2D eigenvalue weighted by Crippen LogP contribution is 2.24. The van der Waals surface area contributed by atoms with Crippen molar-refractivity contribution in [1.29, 1.82) is 0 Å². The molecule has 0 radical (unpaired) electrons. The molecule has 35 heavy (non-hydrogen) atoms. The summed E-state index contributed by atoms with van der Waals surface area (Å²) in [6, 6.07) is 11.5. The number of carboxylic acid groups (broad SMARTS) is 2. The number of rotatable bonds is 12. The lowest BCUT2D eigenvalue weighted by atomic mass is 10.1. The lowest BCUT2D eigenvalue weighted by Crippen LogP contribution is -2.50. The molecule has 13 heteroatoms. The van der Waals surface area contributed by atoms with Crippen molar-refractivity contribution >= 4 is 17.9 Å². The first-order chi connectivity index (χ1) is 16.4. The molecule has 1 atom stereocenters. The van der Waals surface area contributed by atoms with E-state index in [0.717, 1.165) is 9.80 Å². The van der Waals surface area contributed by atoms with Crippen molar-refractivity contribution in [1.82, 2.24) is 9.80 Å². The summed E-state index contributed by atoms with van der Waals surface area (Å²) in [5, 5.41) is 38.6. The topological polar surface area (TPSA) is 148 Å². The fraction of sp³-hybridized carbons (Fsp3) is 0.318. The molecular formula is C22H23F3N2O8. The van der Waals surface area contributed by atoms with Crippen molar-refractivity contribution < 1.29 is 52.7 Å². The summed E-state index contributed by atoms with van der Waals surface area (Å²) in [7, 11) is 0. The van der Waals surface area contributed by atoms with Gasteiger partial charge in [-0.05, 0) is 12.1 Å². The van der Waals surface area contributed by atoms with Crippen LogP contribution < -0.4 is 0 Å². The van der Waals surface area contributed by atoms with E-state index in [2.05, 4.69) is 4.74 Å². The SMILES string of the molecule is O=C(O)CN(Cc1ccccc1O)CC(OC(=O)C(F)(F)F)N(CC(=O)O)Cc1ccccc1O. The van der Waals surface area contributed by atoms with E-state index in [1.807, 2.05) is 0 Å². The zero-order valence-electron chi connectivity index (χ0n) is 18.2. The molecule has 0 heterocycles. The van der Waals surface area contributed by atoms with Crippen molar-refractivity contribution in [3.63, 3.8) is 0 Å². The van der Waals surface area contributed by atoms with Gasteiger partial charge in [0.15, 0.2) is 6.23 Å². The lowest BCUT2D eigenvalue weighted by molar-refractivity contribution is -0.215. The number of carboxylic acids is 2. The zero-order chi connectivity index (χ0) is 26.2. The van der Waals surface area contributed by atoms with Crippen LogP contribution in [-0.4, -0.2) is 80.2 Å². The second kappa shape index (κ2) is 12.0. The van der Waals surface area contributed by atoms with Crippen molar-refractivity contribution in [3.8, 4) is 11.5 Å². The zero-order valence-corrected chi connectivity index (χ0v) is 18.2. The Labute approximate surface area is 197 Å². The maximum absolute atomic E-state index is 13.0. The van der Waals surface area contributed by atoms with Crippen LogP contribution in [0, 0.1) is 0 Å². The minimum absolute atomic E-state index is 0.132. The first kappa shape index (κ1) is 27.4. The summed E-state index contributed by atoms with van der Waals surface area (Å²) in [4.78, 5) is 36.4. The quantitative estimate of drug-likeness (QED) is 0.252. The second-order valence-electron chi connectivity index (χ2n) is 7.48. The summed E-state index contributed by atoms with van der Waals surface area (Å²) < 4.78 is 43.5. The van der Waals surface area contributed by atoms with Gasteiger partial charge in [-0.1, -0.05) is 36.4 Å². The van der Waals surface area contributed by atoms with Crippen LogP contribution in [0.15, 0.2) is 48.5 Å². The van der Waals surface area contributed by atoms with Gasteiger partial charge in [-0.3, -0.25) is 19.4 Å². The molecule has 0 saturated carbocycles. The number of halogens is 3. The predicted molar refractivity (Wildman–Crippen MR) is 113 cm³/mol. The van der Waals surface area contributed by atoms with E-state index in [0.29, 0.717) is 0 Å². The molecule has 2 aromatic carbocycles. The Balaban J connectivity index is 2.43. The van der Waals surface area contributed by atoms with Gasteiger partial charge >= 0.3 is 24.1 Å². The second-order valence-corrected chi connectivity index (χ2v) is 7.48. The molecule has 0 saturated heterocycles. The number of hydrogen-bond donors (Lipinski definition) is 4. The number of phenolic OH excluding ortho intramolecular Hbond substituents is 2. The molecule has 4 N–H and O–H groups in total. The standard InChI is InChI=1S/C22H23F3N2O8/c23-22(24,25)21(34)35-18(27(13-20(32)33)10-15-6-2-4-8-17(15)29)11-26(12-19(30)31)9-14-5-1-3-7-16(14)28/h1-8,18,28-29H,9-13H2,(H,30,31)(H,32,33). The molecule has 10 nitrogen and oxygen atoms in total. The number of aromatic hydroxyl groups is 2. The monoisotopic (exact) mass is 500 g/mol. The smallest absolute Gasteiger partial charge is 0.490 e. The average molecular weight is 500 g/mol. The Morgan fingerprint density at radius 3 is 1.77 bits per heavy atom. The van der Waals surface area contributed by atoms with Crippen molar-refractivity contribution in [2.24, 2.45) is 0 Å². The number of para-hydroxylation sites is 2. The Hall–Kier alpha value is -3.84. The van der Waals surface area contributed by atoms with Crippen molar-refractivity contribution in [2.45, 2.75) is 25.5 Å². The van der Waals surface area contributed by atoms with E-state index in [1.54, 1.807) is 6.07 Å². The third-order valence-electron chi connectivity index (χ3n) is 4.74. The molecular weight excluding hydrogens is 477 g/mol. The van der Waals surface area contributed by atoms with Crippen LogP contribution in [0.5, 0.6) is 11.5 Å². The molecule has 190 valence electrons. The summed E-state index contributed by atoms with van der Waals surface area (Å²) >= 11 is 0.